The van der Waals surface area contributed by atoms with Crippen LogP contribution in [0.2, 0.25) is 0 Å². The van der Waals surface area contributed by atoms with Crippen molar-refractivity contribution in [3.8, 4) is 16.9 Å². The fourth-order valence-electron chi connectivity index (χ4n) is 4.28. The molecule has 206 valence electrons. The van der Waals surface area contributed by atoms with Gasteiger partial charge in [0.05, 0.1) is 24.5 Å². The zero-order valence-electron chi connectivity index (χ0n) is 22.8. The number of amides is 1. The number of nitrogens with one attached hydrogen (secondary N) is 1. The topological polar surface area (TPSA) is 120 Å². The molecule has 1 amide bonds. The van der Waals surface area contributed by atoms with Crippen LogP contribution in [-0.2, 0) is 18.2 Å². The number of pyridine rings is 1. The number of rotatable bonds is 8. The van der Waals surface area contributed by atoms with E-state index in [1.54, 1.807) is 47.0 Å². The van der Waals surface area contributed by atoms with Crippen LogP contribution in [0.4, 0.5) is 9.18 Å². The van der Waals surface area contributed by atoms with E-state index in [0.29, 0.717) is 22.5 Å². The standard InChI is InChI=1S/C28H32FN5O5/c1-16(31-27(37)39-28(3,4)5)22-14-30-24-10-7-18(15-34(22)24)21-9-8-19(29)13-23(21)38-12-11-20-17(2)33(6)32-25(20)26(35)36/h7-10,13-16H,11-12H2,1-6H3,(H,31,37)(H,35,36). The van der Waals surface area contributed by atoms with Crippen LogP contribution in [0.25, 0.3) is 16.8 Å². The van der Waals surface area contributed by atoms with Crippen molar-refractivity contribution in [3.05, 3.63) is 71.2 Å². The van der Waals surface area contributed by atoms with E-state index >= 15 is 0 Å². The number of aromatic carboxylic acids is 1. The molecule has 0 saturated heterocycles. The number of aromatic nitrogens is 4. The van der Waals surface area contributed by atoms with Gasteiger partial charge >= 0.3 is 12.1 Å². The van der Waals surface area contributed by atoms with Gasteiger partial charge in [-0.15, -0.1) is 0 Å². The van der Waals surface area contributed by atoms with Crippen molar-refractivity contribution < 1.29 is 28.6 Å². The second-order valence-electron chi connectivity index (χ2n) is 10.3. The molecule has 0 aliphatic carbocycles. The van der Waals surface area contributed by atoms with Crippen LogP contribution in [0.1, 0.15) is 61.2 Å². The van der Waals surface area contributed by atoms with Crippen LogP contribution in [-0.4, -0.2) is 48.5 Å². The summed E-state index contributed by atoms with van der Waals surface area (Å²) in [7, 11) is 1.68. The van der Waals surface area contributed by atoms with Crippen molar-refractivity contribution in [2.45, 2.75) is 52.7 Å². The van der Waals surface area contributed by atoms with Gasteiger partial charge in [-0.05, 0) is 58.9 Å². The molecule has 3 aromatic heterocycles. The first-order chi connectivity index (χ1) is 18.3. The number of carbonyl (C=O) groups excluding carboxylic acids is 1. The summed E-state index contributed by atoms with van der Waals surface area (Å²) in [5.41, 5.74) is 3.43. The lowest BCUT2D eigenvalue weighted by Gasteiger charge is -2.22. The molecule has 4 aromatic rings. The van der Waals surface area contributed by atoms with E-state index < -0.39 is 29.5 Å². The number of fused-ring (bicyclic) bond motifs is 1. The third-order valence-corrected chi connectivity index (χ3v) is 6.24. The Hall–Kier alpha value is -4.41. The molecule has 39 heavy (non-hydrogen) atoms. The maximum atomic E-state index is 14.2. The SMILES string of the molecule is Cc1c(CCOc2cc(F)ccc2-c2ccc3ncc(C(C)NC(=O)OC(C)(C)C)n3c2)c(C(=O)O)nn1C. The third-order valence-electron chi connectivity index (χ3n) is 6.24. The Bertz CT molecular complexity index is 1540. The molecule has 0 radical (unpaired) electrons. The number of imidazole rings is 1. The van der Waals surface area contributed by atoms with E-state index in [9.17, 15) is 19.1 Å². The number of benzene rings is 1. The molecular weight excluding hydrogens is 505 g/mol. The quantitative estimate of drug-likeness (QED) is 0.321. The molecule has 3 heterocycles. The Balaban J connectivity index is 1.59. The second kappa shape index (κ2) is 10.8. The molecule has 1 unspecified atom stereocenters. The maximum Gasteiger partial charge on any atom is 0.408 e. The average Bonchev–Trinajstić information content (AvgIpc) is 3.39. The summed E-state index contributed by atoms with van der Waals surface area (Å²) in [6, 6.07) is 7.55. The van der Waals surface area contributed by atoms with E-state index in [4.69, 9.17) is 9.47 Å². The number of hydrogen-bond acceptors (Lipinski definition) is 6. The highest BCUT2D eigenvalue weighted by molar-refractivity contribution is 5.87. The van der Waals surface area contributed by atoms with E-state index in [1.807, 2.05) is 29.7 Å². The maximum absolute atomic E-state index is 14.2. The van der Waals surface area contributed by atoms with Crippen LogP contribution < -0.4 is 10.1 Å². The lowest BCUT2D eigenvalue weighted by Crippen LogP contribution is -2.34. The summed E-state index contributed by atoms with van der Waals surface area (Å²) in [4.78, 5) is 28.3. The first-order valence-electron chi connectivity index (χ1n) is 12.5. The molecule has 1 aromatic carbocycles. The number of ether oxygens (including phenoxy) is 2. The fourth-order valence-corrected chi connectivity index (χ4v) is 4.28. The van der Waals surface area contributed by atoms with Crippen LogP contribution in [0, 0.1) is 12.7 Å². The molecule has 10 nitrogen and oxygen atoms in total. The molecule has 0 bridgehead atoms. The second-order valence-corrected chi connectivity index (χ2v) is 10.3. The molecule has 2 N–H and O–H groups in total. The highest BCUT2D eigenvalue weighted by atomic mass is 19.1. The minimum atomic E-state index is -1.11. The van der Waals surface area contributed by atoms with Crippen molar-refractivity contribution >= 4 is 17.7 Å². The van der Waals surface area contributed by atoms with Crippen molar-refractivity contribution in [3.63, 3.8) is 0 Å². The normalized spacial score (nSPS) is 12.4. The number of carbonyl (C=O) groups is 2. The number of aryl methyl sites for hydroxylation is 1. The number of carboxylic acid groups (broad SMARTS) is 1. The zero-order valence-corrected chi connectivity index (χ0v) is 22.8. The van der Waals surface area contributed by atoms with E-state index in [2.05, 4.69) is 15.4 Å². The van der Waals surface area contributed by atoms with Crippen molar-refractivity contribution in [1.82, 2.24) is 24.5 Å². The zero-order chi connectivity index (χ0) is 28.5. The largest absolute Gasteiger partial charge is 0.492 e. The van der Waals surface area contributed by atoms with Crippen LogP contribution in [0.5, 0.6) is 5.75 Å². The van der Waals surface area contributed by atoms with E-state index in [0.717, 1.165) is 17.0 Å². The average molecular weight is 538 g/mol. The minimum absolute atomic E-state index is 0.0229. The predicted octanol–water partition coefficient (Wildman–Crippen LogP) is 5.09. The number of carboxylic acids is 1. The summed E-state index contributed by atoms with van der Waals surface area (Å²) in [6.07, 6.45) is 3.28. The van der Waals surface area contributed by atoms with Gasteiger partial charge in [0.2, 0.25) is 0 Å². The van der Waals surface area contributed by atoms with Gasteiger partial charge in [0.25, 0.3) is 0 Å². The first kappa shape index (κ1) is 27.6. The van der Waals surface area contributed by atoms with Crippen LogP contribution in [0.15, 0.2) is 42.7 Å². The Morgan fingerprint density at radius 3 is 2.64 bits per heavy atom. The summed E-state index contributed by atoms with van der Waals surface area (Å²) >= 11 is 0. The minimum Gasteiger partial charge on any atom is -0.492 e. The van der Waals surface area contributed by atoms with E-state index in [-0.39, 0.29) is 18.7 Å². The first-order valence-corrected chi connectivity index (χ1v) is 12.5. The van der Waals surface area contributed by atoms with Crippen molar-refractivity contribution in [2.24, 2.45) is 7.05 Å². The van der Waals surface area contributed by atoms with Gasteiger partial charge in [-0.1, -0.05) is 0 Å². The van der Waals surface area contributed by atoms with E-state index in [1.165, 1.54) is 16.8 Å². The van der Waals surface area contributed by atoms with Crippen molar-refractivity contribution in [1.29, 1.82) is 0 Å². The van der Waals surface area contributed by atoms with Gasteiger partial charge in [0, 0.05) is 48.1 Å². The summed E-state index contributed by atoms with van der Waals surface area (Å²) in [5.74, 6) is -1.26. The van der Waals surface area contributed by atoms with Gasteiger partial charge in [-0.3, -0.25) is 4.68 Å². The molecule has 0 fully saturated rings. The highest BCUT2D eigenvalue weighted by Crippen LogP contribution is 2.32. The van der Waals surface area contributed by atoms with Crippen LogP contribution >= 0.6 is 0 Å². The van der Waals surface area contributed by atoms with Gasteiger partial charge in [0.1, 0.15) is 22.8 Å². The summed E-state index contributed by atoms with van der Waals surface area (Å²) < 4.78 is 28.9. The number of hydrogen-bond donors (Lipinski definition) is 2. The Labute approximate surface area is 225 Å². The fraction of sp³-hybridized carbons (Fsp3) is 0.357. The van der Waals surface area contributed by atoms with Gasteiger partial charge in [-0.25, -0.2) is 19.0 Å². The Morgan fingerprint density at radius 1 is 1.21 bits per heavy atom. The third kappa shape index (κ3) is 6.19. The predicted molar refractivity (Wildman–Crippen MR) is 142 cm³/mol. The van der Waals surface area contributed by atoms with Crippen LogP contribution in [0.3, 0.4) is 0 Å². The summed E-state index contributed by atoms with van der Waals surface area (Å²) in [5, 5.41) is 16.4. The molecule has 0 saturated carbocycles. The molecular formula is C28H32FN5O5. The highest BCUT2D eigenvalue weighted by Gasteiger charge is 2.21. The molecule has 0 spiro atoms. The van der Waals surface area contributed by atoms with Crippen molar-refractivity contribution in [2.75, 3.05) is 6.61 Å². The van der Waals surface area contributed by atoms with Gasteiger partial charge in [0.15, 0.2) is 5.69 Å². The molecule has 0 aliphatic heterocycles. The molecule has 0 aliphatic rings. The smallest absolute Gasteiger partial charge is 0.408 e. The summed E-state index contributed by atoms with van der Waals surface area (Å²) in [6.45, 7) is 9.13. The molecule has 1 atom stereocenters. The Morgan fingerprint density at radius 2 is 1.95 bits per heavy atom. The Kier molecular flexibility index (Phi) is 7.62. The van der Waals surface area contributed by atoms with Gasteiger partial charge in [-0.2, -0.15) is 5.10 Å². The number of nitrogens with zero attached hydrogens (tertiary/aromatic N) is 4. The molecule has 4 rings (SSSR count). The monoisotopic (exact) mass is 537 g/mol. The number of halogens is 1. The van der Waals surface area contributed by atoms with Gasteiger partial charge < -0.3 is 24.3 Å². The lowest BCUT2D eigenvalue weighted by molar-refractivity contribution is 0.0506. The molecule has 11 heteroatoms. The lowest BCUT2D eigenvalue weighted by atomic mass is 10.1. The number of alkyl carbamates (subject to hydrolysis) is 1.